The number of ether oxygens (including phenoxy) is 2. The summed E-state index contributed by atoms with van der Waals surface area (Å²) < 4.78 is 16.6. The monoisotopic (exact) mass is 627 g/mol. The van der Waals surface area contributed by atoms with Crippen LogP contribution in [0, 0.1) is 13.8 Å². The van der Waals surface area contributed by atoms with Crippen molar-refractivity contribution in [3.63, 3.8) is 0 Å². The third kappa shape index (κ3) is 5.32. The second kappa shape index (κ2) is 12.3. The molecule has 1 unspecified atom stereocenters. The highest BCUT2D eigenvalue weighted by Crippen LogP contribution is 2.39. The summed E-state index contributed by atoms with van der Waals surface area (Å²) in [7, 11) is 6.85. The van der Waals surface area contributed by atoms with Gasteiger partial charge in [0.1, 0.15) is 17.5 Å². The molecule has 2 aliphatic heterocycles. The topological polar surface area (TPSA) is 117 Å². The number of aryl methyl sites for hydroxylation is 2. The maximum absolute atomic E-state index is 13.4. The van der Waals surface area contributed by atoms with Gasteiger partial charge in [-0.2, -0.15) is 0 Å². The van der Waals surface area contributed by atoms with Crippen LogP contribution in [0.25, 0.3) is 22.2 Å². The van der Waals surface area contributed by atoms with Crippen molar-refractivity contribution in [1.29, 1.82) is 0 Å². The van der Waals surface area contributed by atoms with Gasteiger partial charge < -0.3 is 14.0 Å². The Morgan fingerprint density at radius 1 is 0.913 bits per heavy atom. The number of carbonyl (C=O) groups excluding carboxylic acids is 2. The minimum absolute atomic E-state index is 0.00875. The van der Waals surface area contributed by atoms with Crippen molar-refractivity contribution in [3.8, 4) is 22.6 Å². The molecule has 1 N–H and O–H groups in total. The van der Waals surface area contributed by atoms with Gasteiger partial charge in [0, 0.05) is 44.4 Å². The Bertz CT molecular complexity index is 1950. The number of fused-ring (bicyclic) bond motifs is 1. The van der Waals surface area contributed by atoms with Crippen LogP contribution >= 0.6 is 0 Å². The predicted octanol–water partition coefficient (Wildman–Crippen LogP) is 3.70. The van der Waals surface area contributed by atoms with E-state index in [1.165, 1.54) is 0 Å². The van der Waals surface area contributed by atoms with Crippen molar-refractivity contribution >= 4 is 22.8 Å². The molecule has 11 nitrogen and oxygen atoms in total. The minimum atomic E-state index is -0.705. The lowest BCUT2D eigenvalue weighted by Crippen LogP contribution is -2.44. The molecule has 242 valence electrons. The zero-order valence-electron chi connectivity index (χ0n) is 27.3. The lowest BCUT2D eigenvalue weighted by molar-refractivity contribution is -0.135. The lowest BCUT2D eigenvalue weighted by atomic mass is 9.88. The molecule has 2 saturated heterocycles. The van der Waals surface area contributed by atoms with Crippen LogP contribution in [0.5, 0.6) is 11.5 Å². The normalized spacial score (nSPS) is 17.8. The van der Waals surface area contributed by atoms with Crippen molar-refractivity contribution in [3.05, 3.63) is 79.6 Å². The number of piperidine rings is 2. The molecule has 4 heterocycles. The van der Waals surface area contributed by atoms with Crippen LogP contribution in [0.15, 0.2) is 46.1 Å². The summed E-state index contributed by atoms with van der Waals surface area (Å²) in [5, 5.41) is 2.39. The molecule has 0 spiro atoms. The van der Waals surface area contributed by atoms with Gasteiger partial charge >= 0.3 is 5.69 Å². The third-order valence-corrected chi connectivity index (χ3v) is 9.91. The molecule has 0 radical (unpaired) electrons. The average Bonchev–Trinajstić information content (AvgIpc) is 3.31. The number of benzene rings is 2. The molecule has 0 aliphatic carbocycles. The van der Waals surface area contributed by atoms with Crippen molar-refractivity contribution in [2.45, 2.75) is 58.0 Å². The first-order chi connectivity index (χ1) is 22.0. The van der Waals surface area contributed by atoms with E-state index in [-0.39, 0.29) is 29.5 Å². The molecule has 2 aromatic heterocycles. The zero-order chi connectivity index (χ0) is 32.9. The second-order valence-electron chi connectivity index (χ2n) is 12.5. The summed E-state index contributed by atoms with van der Waals surface area (Å²) in [5.41, 5.74) is 6.91. The van der Waals surface area contributed by atoms with Crippen LogP contribution in [0.4, 0.5) is 0 Å². The summed E-state index contributed by atoms with van der Waals surface area (Å²) in [5.74, 6) is 0.977. The highest BCUT2D eigenvalue weighted by atomic mass is 16.5. The van der Waals surface area contributed by atoms with Crippen molar-refractivity contribution in [1.82, 2.24) is 23.9 Å². The summed E-state index contributed by atoms with van der Waals surface area (Å²) in [6.45, 7) is 6.15. The number of imidazole rings is 1. The zero-order valence-corrected chi connectivity index (χ0v) is 27.3. The van der Waals surface area contributed by atoms with Gasteiger partial charge in [-0.3, -0.25) is 33.7 Å². The Hall–Kier alpha value is -4.64. The Balaban J connectivity index is 1.24. The van der Waals surface area contributed by atoms with Crippen LogP contribution < -0.4 is 26.0 Å². The van der Waals surface area contributed by atoms with Gasteiger partial charge in [0.15, 0.2) is 0 Å². The Morgan fingerprint density at radius 3 is 2.22 bits per heavy atom. The first-order valence-electron chi connectivity index (χ1n) is 15.7. The van der Waals surface area contributed by atoms with E-state index in [4.69, 9.17) is 9.47 Å². The number of hydrogen-bond acceptors (Lipinski definition) is 7. The molecular weight excluding hydrogens is 586 g/mol. The molecule has 1 atom stereocenters. The van der Waals surface area contributed by atoms with Crippen molar-refractivity contribution in [2.75, 3.05) is 27.3 Å². The maximum Gasteiger partial charge on any atom is 0.329 e. The molecule has 0 saturated carbocycles. The summed E-state index contributed by atoms with van der Waals surface area (Å²) in [6.07, 6.45) is 4.18. The molecule has 2 fully saturated rings. The number of likely N-dealkylation sites (tertiary alicyclic amines) is 1. The molecule has 2 aliphatic rings. The van der Waals surface area contributed by atoms with Crippen molar-refractivity contribution in [2.24, 2.45) is 14.1 Å². The van der Waals surface area contributed by atoms with Gasteiger partial charge in [-0.25, -0.2) is 4.79 Å². The Kier molecular flexibility index (Phi) is 8.37. The van der Waals surface area contributed by atoms with Crippen molar-refractivity contribution < 1.29 is 19.1 Å². The van der Waals surface area contributed by atoms with Crippen LogP contribution in [-0.2, 0) is 30.2 Å². The number of carbonyl (C=O) groups is 2. The number of hydrogen-bond donors (Lipinski definition) is 1. The number of nitrogens with zero attached hydrogens (tertiary/aromatic N) is 4. The molecule has 6 rings (SSSR count). The molecule has 4 aromatic rings. The highest BCUT2D eigenvalue weighted by molar-refractivity contribution is 6.00. The van der Waals surface area contributed by atoms with Crippen LogP contribution in [0.3, 0.4) is 0 Å². The Morgan fingerprint density at radius 2 is 1.59 bits per heavy atom. The molecule has 0 bridgehead atoms. The standard InChI is InChI=1S/C35H41N5O6/c1-20-21(2)34(43)37(3)18-25(20)23-16-29(45-5)26(30(17-23)46-6)19-39-14-12-22(13-15-39)24-8-7-9-27-32(24)38(4)35(44)40(27)28-10-11-31(41)36-33(28)42/h7-9,16-18,22,28H,10-15,19H2,1-6H3,(H,36,41,42). The SMILES string of the molecule is COc1cc(-c2cn(C)c(=O)c(C)c2C)cc(OC)c1CN1CCC(c2cccc3c2n(C)c(=O)n3C2CCC(=O)NC2=O)CC1. The molecule has 11 heteroatoms. The number of imide groups is 1. The second-order valence-corrected chi connectivity index (χ2v) is 12.5. The van der Waals surface area contributed by atoms with E-state index < -0.39 is 11.9 Å². The van der Waals surface area contributed by atoms with Gasteiger partial charge in [0.2, 0.25) is 11.8 Å². The number of para-hydroxylation sites is 1. The van der Waals surface area contributed by atoms with E-state index in [1.807, 2.05) is 44.3 Å². The number of methoxy groups -OCH3 is 2. The first kappa shape index (κ1) is 31.3. The largest absolute Gasteiger partial charge is 0.496 e. The maximum atomic E-state index is 13.4. The van der Waals surface area contributed by atoms with Crippen LogP contribution in [0.2, 0.25) is 0 Å². The average molecular weight is 628 g/mol. The molecule has 46 heavy (non-hydrogen) atoms. The summed E-state index contributed by atoms with van der Waals surface area (Å²) >= 11 is 0. The van der Waals surface area contributed by atoms with Crippen LogP contribution in [-0.4, -0.2) is 57.7 Å². The van der Waals surface area contributed by atoms with Gasteiger partial charge in [-0.1, -0.05) is 12.1 Å². The van der Waals surface area contributed by atoms with E-state index in [9.17, 15) is 19.2 Å². The fourth-order valence-electron chi connectivity index (χ4n) is 7.22. The molecule has 2 aromatic carbocycles. The number of nitrogens with one attached hydrogen (secondary N) is 1. The fraction of sp³-hybridized carbons (Fsp3) is 0.429. The van der Waals surface area contributed by atoms with Gasteiger partial charge in [0.05, 0.1) is 30.8 Å². The van der Waals surface area contributed by atoms with Gasteiger partial charge in [-0.15, -0.1) is 0 Å². The molecule has 2 amide bonds. The lowest BCUT2D eigenvalue weighted by Gasteiger charge is -2.33. The summed E-state index contributed by atoms with van der Waals surface area (Å²) in [6, 6.07) is 9.27. The van der Waals surface area contributed by atoms with E-state index in [0.717, 1.165) is 76.3 Å². The van der Waals surface area contributed by atoms with Crippen LogP contribution in [0.1, 0.15) is 59.9 Å². The molecular formula is C35H41N5O6. The smallest absolute Gasteiger partial charge is 0.329 e. The van der Waals surface area contributed by atoms with Gasteiger partial charge in [-0.05, 0) is 87.0 Å². The highest BCUT2D eigenvalue weighted by Gasteiger charge is 2.33. The number of rotatable bonds is 7. The fourth-order valence-corrected chi connectivity index (χ4v) is 7.22. The third-order valence-electron chi connectivity index (χ3n) is 9.91. The van der Waals surface area contributed by atoms with E-state index in [2.05, 4.69) is 16.3 Å². The number of pyridine rings is 1. The van der Waals surface area contributed by atoms with Gasteiger partial charge in [0.25, 0.3) is 5.56 Å². The number of amides is 2. The predicted molar refractivity (Wildman–Crippen MR) is 176 cm³/mol. The van der Waals surface area contributed by atoms with E-state index in [0.29, 0.717) is 18.5 Å². The number of aromatic nitrogens is 3. The first-order valence-corrected chi connectivity index (χ1v) is 15.7. The van der Waals surface area contributed by atoms with E-state index in [1.54, 1.807) is 42.0 Å². The minimum Gasteiger partial charge on any atom is -0.496 e. The van der Waals surface area contributed by atoms with E-state index >= 15 is 0 Å². The summed E-state index contributed by atoms with van der Waals surface area (Å²) in [4.78, 5) is 52.7. The quantitative estimate of drug-likeness (QED) is 0.311. The Labute approximate surface area is 267 Å².